The Kier molecular flexibility index (Phi) is 2.56. The number of allylic oxidation sites excluding steroid dienone is 4. The van der Waals surface area contributed by atoms with Gasteiger partial charge in [0.15, 0.2) is 5.84 Å². The van der Waals surface area contributed by atoms with Crippen molar-refractivity contribution in [1.82, 2.24) is 0 Å². The minimum atomic E-state index is 0.0218. The van der Waals surface area contributed by atoms with Crippen molar-refractivity contribution in [3.8, 4) is 0 Å². The van der Waals surface area contributed by atoms with Gasteiger partial charge in [-0.3, -0.25) is 0 Å². The second kappa shape index (κ2) is 3.47. The zero-order valence-corrected chi connectivity index (χ0v) is 7.86. The van der Waals surface area contributed by atoms with Crippen LogP contribution in [0.2, 0.25) is 0 Å². The quantitative estimate of drug-likeness (QED) is 0.278. The number of nitrogens with two attached hydrogens (primary N) is 1. The molecule has 0 radical (unpaired) electrons. The summed E-state index contributed by atoms with van der Waals surface area (Å²) >= 11 is 0. The van der Waals surface area contributed by atoms with E-state index in [1.165, 1.54) is 0 Å². The highest BCUT2D eigenvalue weighted by Crippen LogP contribution is 2.22. The summed E-state index contributed by atoms with van der Waals surface area (Å²) < 4.78 is 0. The van der Waals surface area contributed by atoms with Gasteiger partial charge >= 0.3 is 0 Å². The fraction of sp³-hybridized carbons (Fsp3) is 0.300. The van der Waals surface area contributed by atoms with Crippen LogP contribution in [0.5, 0.6) is 0 Å². The fourth-order valence-electron chi connectivity index (χ4n) is 1.04. The van der Waals surface area contributed by atoms with Gasteiger partial charge in [-0.25, -0.2) is 0 Å². The van der Waals surface area contributed by atoms with Gasteiger partial charge in [0.1, 0.15) is 0 Å². The lowest BCUT2D eigenvalue weighted by Gasteiger charge is -2.12. The van der Waals surface area contributed by atoms with Crippen molar-refractivity contribution in [3.63, 3.8) is 0 Å². The smallest absolute Gasteiger partial charge is 0.170 e. The normalized spacial score (nSPS) is 21.1. The number of nitrogens with zero attached hydrogens (tertiary/aromatic N) is 1. The molecule has 3 nitrogen and oxygen atoms in total. The van der Waals surface area contributed by atoms with Crippen LogP contribution in [0.1, 0.15) is 13.8 Å². The number of hydrogen-bond donors (Lipinski definition) is 2. The van der Waals surface area contributed by atoms with Crippen molar-refractivity contribution in [3.05, 3.63) is 36.0 Å². The van der Waals surface area contributed by atoms with Crippen LogP contribution in [-0.2, 0) is 0 Å². The lowest BCUT2D eigenvalue weighted by Crippen LogP contribution is -2.13. The van der Waals surface area contributed by atoms with Crippen molar-refractivity contribution >= 4 is 5.84 Å². The number of hydrogen-bond acceptors (Lipinski definition) is 2. The van der Waals surface area contributed by atoms with E-state index in [2.05, 4.69) is 25.1 Å². The van der Waals surface area contributed by atoms with Crippen LogP contribution < -0.4 is 5.73 Å². The molecule has 0 fully saturated rings. The fourth-order valence-corrected chi connectivity index (χ4v) is 1.04. The van der Waals surface area contributed by atoms with Crippen LogP contribution in [0.15, 0.2) is 41.1 Å². The molecule has 0 saturated heterocycles. The third kappa shape index (κ3) is 2.47. The van der Waals surface area contributed by atoms with E-state index in [-0.39, 0.29) is 11.3 Å². The Balaban J connectivity index is 2.95. The third-order valence-corrected chi connectivity index (χ3v) is 1.90. The van der Waals surface area contributed by atoms with Gasteiger partial charge in [-0.15, -0.1) is 0 Å². The van der Waals surface area contributed by atoms with E-state index in [0.717, 1.165) is 5.57 Å². The molecule has 0 unspecified atom stereocenters. The topological polar surface area (TPSA) is 58.6 Å². The summed E-state index contributed by atoms with van der Waals surface area (Å²) in [7, 11) is 0. The first kappa shape index (κ1) is 9.58. The molecular weight excluding hydrogens is 164 g/mol. The lowest BCUT2D eigenvalue weighted by atomic mass is 9.93. The highest BCUT2D eigenvalue weighted by molar-refractivity contribution is 5.99. The van der Waals surface area contributed by atoms with E-state index in [9.17, 15) is 0 Å². The Morgan fingerprint density at radius 2 is 2.15 bits per heavy atom. The van der Waals surface area contributed by atoms with Crippen molar-refractivity contribution < 1.29 is 5.21 Å². The molecule has 0 amide bonds. The molecule has 0 aromatic rings. The number of oxime groups is 1. The van der Waals surface area contributed by atoms with Crippen LogP contribution in [0.3, 0.4) is 0 Å². The predicted octanol–water partition coefficient (Wildman–Crippen LogP) is 1.81. The molecule has 13 heavy (non-hydrogen) atoms. The van der Waals surface area contributed by atoms with Gasteiger partial charge in [-0.2, -0.15) is 0 Å². The van der Waals surface area contributed by atoms with E-state index >= 15 is 0 Å². The lowest BCUT2D eigenvalue weighted by molar-refractivity contribution is 0.318. The van der Waals surface area contributed by atoms with Crippen LogP contribution in [0, 0.1) is 5.41 Å². The minimum absolute atomic E-state index is 0.0218. The maximum absolute atomic E-state index is 8.47. The molecule has 1 aliphatic rings. The van der Waals surface area contributed by atoms with E-state index in [4.69, 9.17) is 10.9 Å². The summed E-state index contributed by atoms with van der Waals surface area (Å²) in [4.78, 5) is 0. The molecule has 0 spiro atoms. The van der Waals surface area contributed by atoms with Crippen LogP contribution in [0.25, 0.3) is 0 Å². The maximum atomic E-state index is 8.47. The van der Waals surface area contributed by atoms with Crippen molar-refractivity contribution in [1.29, 1.82) is 0 Å². The Bertz CT molecular complexity index is 309. The molecule has 0 heterocycles. The largest absolute Gasteiger partial charge is 0.409 e. The summed E-state index contributed by atoms with van der Waals surface area (Å²) in [5, 5.41) is 11.4. The van der Waals surface area contributed by atoms with E-state index in [1.54, 1.807) is 0 Å². The Labute approximate surface area is 77.9 Å². The zero-order valence-electron chi connectivity index (χ0n) is 7.86. The van der Waals surface area contributed by atoms with E-state index in [0.29, 0.717) is 0 Å². The zero-order chi connectivity index (χ0) is 9.90. The summed E-state index contributed by atoms with van der Waals surface area (Å²) in [5.74, 6) is 0.138. The summed E-state index contributed by atoms with van der Waals surface area (Å²) in [6, 6.07) is 0. The van der Waals surface area contributed by atoms with Crippen LogP contribution in [0.4, 0.5) is 0 Å². The van der Waals surface area contributed by atoms with Crippen LogP contribution in [-0.4, -0.2) is 11.0 Å². The third-order valence-electron chi connectivity index (χ3n) is 1.90. The van der Waals surface area contributed by atoms with Crippen molar-refractivity contribution in [2.45, 2.75) is 13.8 Å². The highest BCUT2D eigenvalue weighted by atomic mass is 16.4. The van der Waals surface area contributed by atoms with Gasteiger partial charge in [-0.05, 0) is 0 Å². The summed E-state index contributed by atoms with van der Waals surface area (Å²) in [5.41, 5.74) is 6.20. The number of amidine groups is 1. The second-order valence-electron chi connectivity index (χ2n) is 3.62. The van der Waals surface area contributed by atoms with Crippen molar-refractivity contribution in [2.24, 2.45) is 16.3 Å². The summed E-state index contributed by atoms with van der Waals surface area (Å²) in [6.45, 7) is 4.17. The Hall–Kier alpha value is -1.51. The standard InChI is InChI=1S/C10H14N2O/c1-10(2)6-3-4-8(5-7-10)9(11)12-13/h3-7,13H,1-2H3,(H2,11,12). The first-order chi connectivity index (χ1) is 6.05. The Morgan fingerprint density at radius 3 is 2.77 bits per heavy atom. The average Bonchev–Trinajstić information content (AvgIpc) is 2.25. The SMILES string of the molecule is CC1(C)C=CC=C(C(N)=NO)C=C1. The molecule has 3 heteroatoms. The maximum Gasteiger partial charge on any atom is 0.170 e. The minimum Gasteiger partial charge on any atom is -0.409 e. The van der Waals surface area contributed by atoms with Gasteiger partial charge in [0.05, 0.1) is 0 Å². The predicted molar refractivity (Wildman–Crippen MR) is 53.6 cm³/mol. The molecular formula is C10H14N2O. The van der Waals surface area contributed by atoms with Gasteiger partial charge in [0, 0.05) is 11.0 Å². The van der Waals surface area contributed by atoms with Gasteiger partial charge in [0.2, 0.25) is 0 Å². The van der Waals surface area contributed by atoms with E-state index < -0.39 is 0 Å². The molecule has 70 valence electrons. The number of rotatable bonds is 1. The summed E-state index contributed by atoms with van der Waals surface area (Å²) in [6.07, 6.45) is 9.66. The second-order valence-corrected chi connectivity index (χ2v) is 3.62. The molecule has 0 bridgehead atoms. The van der Waals surface area contributed by atoms with Crippen LogP contribution >= 0.6 is 0 Å². The molecule has 0 saturated carbocycles. The molecule has 0 aliphatic heterocycles. The molecule has 3 N–H and O–H groups in total. The van der Waals surface area contributed by atoms with E-state index in [1.807, 2.05) is 24.3 Å². The molecule has 0 aromatic heterocycles. The van der Waals surface area contributed by atoms with Gasteiger partial charge < -0.3 is 10.9 Å². The van der Waals surface area contributed by atoms with Gasteiger partial charge in [0.25, 0.3) is 0 Å². The highest BCUT2D eigenvalue weighted by Gasteiger charge is 2.11. The Morgan fingerprint density at radius 1 is 1.46 bits per heavy atom. The molecule has 0 atom stereocenters. The average molecular weight is 178 g/mol. The molecule has 0 aromatic carbocycles. The first-order valence-electron chi connectivity index (χ1n) is 4.12. The first-order valence-corrected chi connectivity index (χ1v) is 4.12. The van der Waals surface area contributed by atoms with Crippen molar-refractivity contribution in [2.75, 3.05) is 0 Å². The van der Waals surface area contributed by atoms with Gasteiger partial charge in [-0.1, -0.05) is 49.4 Å². The molecule has 1 rings (SSSR count). The monoisotopic (exact) mass is 178 g/mol. The molecule has 1 aliphatic carbocycles.